The quantitative estimate of drug-likeness (QED) is 0.603. The fraction of sp³-hybridized carbons (Fsp3) is 0.519. The minimum atomic E-state index is 0.0411. The van der Waals surface area contributed by atoms with E-state index in [9.17, 15) is 4.79 Å². The van der Waals surface area contributed by atoms with Crippen molar-refractivity contribution in [2.24, 2.45) is 11.8 Å². The standard InChI is InChI=1S/C27H33BrN2O/c1-18-25-16-21-9-10-22(26(31)29-13-11-20-5-3-4-6-24(20)28)15-23(21)27(18,2)12-14-30(25)17-19-7-8-19/h3-6,9-10,15,18-19,25H,7-8,11-14,16-17H2,1-2H3,(H,29,31)/t18-,25-,27-/m1/s1. The Bertz CT molecular complexity index is 985. The fourth-order valence-electron chi connectivity index (χ4n) is 5.82. The second-order valence-electron chi connectivity index (χ2n) is 10.1. The van der Waals surface area contributed by atoms with Crippen molar-refractivity contribution in [3.63, 3.8) is 0 Å². The molecule has 1 aliphatic heterocycles. The van der Waals surface area contributed by atoms with E-state index >= 15 is 0 Å². The van der Waals surface area contributed by atoms with Gasteiger partial charge in [0.25, 0.3) is 5.91 Å². The van der Waals surface area contributed by atoms with Gasteiger partial charge in [0.15, 0.2) is 0 Å². The molecule has 2 aliphatic carbocycles. The van der Waals surface area contributed by atoms with Crippen LogP contribution in [0.25, 0.3) is 0 Å². The highest BCUT2D eigenvalue weighted by Gasteiger charge is 2.49. The number of hydrogen-bond acceptors (Lipinski definition) is 2. The predicted molar refractivity (Wildman–Crippen MR) is 130 cm³/mol. The van der Waals surface area contributed by atoms with Crippen molar-refractivity contribution in [1.82, 2.24) is 10.2 Å². The summed E-state index contributed by atoms with van der Waals surface area (Å²) in [6, 6.07) is 15.3. The van der Waals surface area contributed by atoms with Gasteiger partial charge >= 0.3 is 0 Å². The van der Waals surface area contributed by atoms with E-state index in [1.165, 1.54) is 49.0 Å². The van der Waals surface area contributed by atoms with Crippen molar-refractivity contribution in [3.8, 4) is 0 Å². The lowest BCUT2D eigenvalue weighted by Crippen LogP contribution is -2.58. The summed E-state index contributed by atoms with van der Waals surface area (Å²) in [4.78, 5) is 15.7. The first-order valence-electron chi connectivity index (χ1n) is 11.8. The summed E-state index contributed by atoms with van der Waals surface area (Å²) in [6.45, 7) is 8.01. The average molecular weight is 481 g/mol. The van der Waals surface area contributed by atoms with Crippen LogP contribution in [0.2, 0.25) is 0 Å². The van der Waals surface area contributed by atoms with Gasteiger partial charge in [-0.15, -0.1) is 0 Å². The summed E-state index contributed by atoms with van der Waals surface area (Å²) >= 11 is 3.59. The molecule has 1 amide bonds. The number of likely N-dealkylation sites (tertiary alicyclic amines) is 1. The van der Waals surface area contributed by atoms with E-state index in [0.29, 0.717) is 18.5 Å². The molecule has 1 heterocycles. The minimum Gasteiger partial charge on any atom is -0.352 e. The van der Waals surface area contributed by atoms with Gasteiger partial charge in [-0.05, 0) is 90.8 Å². The molecule has 0 radical (unpaired) electrons. The number of carbonyl (C=O) groups is 1. The van der Waals surface area contributed by atoms with E-state index in [-0.39, 0.29) is 11.3 Å². The second-order valence-corrected chi connectivity index (χ2v) is 11.0. The minimum absolute atomic E-state index is 0.0411. The van der Waals surface area contributed by atoms with Gasteiger partial charge in [0.05, 0.1) is 0 Å². The van der Waals surface area contributed by atoms with Gasteiger partial charge in [-0.2, -0.15) is 0 Å². The largest absolute Gasteiger partial charge is 0.352 e. The number of rotatable bonds is 6. The topological polar surface area (TPSA) is 32.3 Å². The number of hydrogen-bond donors (Lipinski definition) is 1. The lowest BCUT2D eigenvalue weighted by molar-refractivity contribution is 0.0284. The van der Waals surface area contributed by atoms with Crippen molar-refractivity contribution in [2.45, 2.75) is 57.4 Å². The maximum atomic E-state index is 12.9. The normalized spacial score (nSPS) is 27.6. The zero-order valence-electron chi connectivity index (χ0n) is 18.7. The SMILES string of the molecule is C[C@@H]1[C@H]2Cc3ccc(C(=O)NCCc4ccccc4Br)cc3[C@]1(C)CCN2CC1CC1. The Morgan fingerprint density at radius 1 is 1.23 bits per heavy atom. The molecule has 3 nitrogen and oxygen atoms in total. The molecule has 4 heteroatoms. The maximum absolute atomic E-state index is 12.9. The summed E-state index contributed by atoms with van der Waals surface area (Å²) in [5.41, 5.74) is 5.07. The maximum Gasteiger partial charge on any atom is 0.251 e. The molecule has 2 fully saturated rings. The molecule has 0 aromatic heterocycles. The van der Waals surface area contributed by atoms with E-state index < -0.39 is 0 Å². The molecule has 1 saturated carbocycles. The number of nitrogens with zero attached hydrogens (tertiary/aromatic N) is 1. The van der Waals surface area contributed by atoms with Gasteiger partial charge in [0, 0.05) is 29.2 Å². The molecule has 31 heavy (non-hydrogen) atoms. The first-order valence-corrected chi connectivity index (χ1v) is 12.6. The van der Waals surface area contributed by atoms with Crippen LogP contribution in [0.4, 0.5) is 0 Å². The Labute approximate surface area is 194 Å². The van der Waals surface area contributed by atoms with Crippen molar-refractivity contribution >= 4 is 21.8 Å². The summed E-state index contributed by atoms with van der Waals surface area (Å²) in [7, 11) is 0. The van der Waals surface area contributed by atoms with Crippen molar-refractivity contribution in [2.75, 3.05) is 19.6 Å². The molecule has 0 spiro atoms. The number of benzene rings is 2. The Morgan fingerprint density at radius 2 is 2.03 bits per heavy atom. The van der Waals surface area contributed by atoms with E-state index in [0.717, 1.165) is 28.8 Å². The lowest BCUT2D eigenvalue weighted by atomic mass is 9.59. The first-order chi connectivity index (χ1) is 15.0. The van der Waals surface area contributed by atoms with Gasteiger partial charge in [-0.3, -0.25) is 9.69 Å². The number of amides is 1. The van der Waals surface area contributed by atoms with Crippen LogP contribution in [-0.4, -0.2) is 36.5 Å². The van der Waals surface area contributed by atoms with Gasteiger partial charge in [0.2, 0.25) is 0 Å². The van der Waals surface area contributed by atoms with Crippen molar-refractivity contribution in [3.05, 3.63) is 69.2 Å². The fourth-order valence-corrected chi connectivity index (χ4v) is 6.30. The molecule has 1 N–H and O–H groups in total. The molecular weight excluding hydrogens is 448 g/mol. The van der Waals surface area contributed by atoms with Gasteiger partial charge in [0.1, 0.15) is 0 Å². The van der Waals surface area contributed by atoms with Gasteiger partial charge in [-0.1, -0.05) is 54.0 Å². The summed E-state index contributed by atoms with van der Waals surface area (Å²) < 4.78 is 1.10. The van der Waals surface area contributed by atoms with Crippen LogP contribution in [0.15, 0.2) is 46.9 Å². The smallest absolute Gasteiger partial charge is 0.251 e. The van der Waals surface area contributed by atoms with Crippen LogP contribution in [-0.2, 0) is 18.3 Å². The Morgan fingerprint density at radius 3 is 2.81 bits per heavy atom. The molecular formula is C27H33BrN2O. The summed E-state index contributed by atoms with van der Waals surface area (Å²) in [6.07, 6.45) is 5.99. The van der Waals surface area contributed by atoms with Gasteiger partial charge in [-0.25, -0.2) is 0 Å². The molecule has 2 aromatic rings. The molecule has 0 unspecified atom stereocenters. The number of nitrogens with one attached hydrogen (secondary N) is 1. The van der Waals surface area contributed by atoms with Crippen LogP contribution < -0.4 is 5.32 Å². The zero-order valence-corrected chi connectivity index (χ0v) is 20.2. The number of fused-ring (bicyclic) bond motifs is 4. The third kappa shape index (κ3) is 4.09. The van der Waals surface area contributed by atoms with E-state index in [2.05, 4.69) is 58.2 Å². The second kappa shape index (κ2) is 8.37. The third-order valence-electron chi connectivity index (χ3n) is 8.21. The Hall–Kier alpha value is -1.65. The third-order valence-corrected chi connectivity index (χ3v) is 8.99. The molecule has 164 valence electrons. The van der Waals surface area contributed by atoms with E-state index in [1.54, 1.807) is 0 Å². The molecule has 2 aromatic carbocycles. The van der Waals surface area contributed by atoms with Crippen molar-refractivity contribution < 1.29 is 4.79 Å². The zero-order chi connectivity index (χ0) is 21.6. The molecule has 3 aliphatic rings. The molecule has 5 rings (SSSR count). The van der Waals surface area contributed by atoms with Crippen LogP contribution >= 0.6 is 15.9 Å². The van der Waals surface area contributed by atoms with E-state index in [4.69, 9.17) is 0 Å². The molecule has 2 bridgehead atoms. The highest BCUT2D eigenvalue weighted by molar-refractivity contribution is 9.10. The number of piperidine rings is 1. The highest BCUT2D eigenvalue weighted by Crippen LogP contribution is 2.49. The van der Waals surface area contributed by atoms with Gasteiger partial charge < -0.3 is 5.32 Å². The van der Waals surface area contributed by atoms with E-state index in [1.807, 2.05) is 24.3 Å². The summed E-state index contributed by atoms with van der Waals surface area (Å²) in [5, 5.41) is 3.13. The predicted octanol–water partition coefficient (Wildman–Crippen LogP) is 5.36. The number of carbonyl (C=O) groups excluding carboxylic acids is 1. The van der Waals surface area contributed by atoms with Crippen LogP contribution in [0, 0.1) is 11.8 Å². The van der Waals surface area contributed by atoms with Crippen LogP contribution in [0.3, 0.4) is 0 Å². The Balaban J connectivity index is 1.30. The monoisotopic (exact) mass is 480 g/mol. The van der Waals surface area contributed by atoms with Crippen LogP contribution in [0.1, 0.15) is 60.2 Å². The molecule has 1 saturated heterocycles. The highest BCUT2D eigenvalue weighted by atomic mass is 79.9. The molecule has 3 atom stereocenters. The lowest BCUT2D eigenvalue weighted by Gasteiger charge is -2.55. The average Bonchev–Trinajstić information content (AvgIpc) is 3.58. The Kier molecular flexibility index (Phi) is 5.72. The summed E-state index contributed by atoms with van der Waals surface area (Å²) in [5.74, 6) is 1.61. The van der Waals surface area contributed by atoms with Crippen molar-refractivity contribution in [1.29, 1.82) is 0 Å². The first kappa shape index (κ1) is 21.2. The van der Waals surface area contributed by atoms with Crippen LogP contribution in [0.5, 0.6) is 0 Å². The number of halogens is 1.